The molecule has 7 aromatic carbocycles. The maximum atomic E-state index is 7.22. The summed E-state index contributed by atoms with van der Waals surface area (Å²) in [6.45, 7) is 0. The van der Waals surface area contributed by atoms with Crippen molar-refractivity contribution in [3.8, 4) is 22.6 Å². The fraction of sp³-hybridized carbons (Fsp3) is 0.143. The molecule has 0 fully saturated rings. The minimum Gasteiger partial charge on any atom is -0.455 e. The van der Waals surface area contributed by atoms with Gasteiger partial charge in [-0.1, -0.05) is 194 Å². The van der Waals surface area contributed by atoms with Crippen LogP contribution in [0.5, 0.6) is 11.5 Å². The third-order valence-corrected chi connectivity index (χ3v) is 15.1. The molecule has 2 atom stereocenters. The molecule has 0 N–H and O–H groups in total. The van der Waals surface area contributed by atoms with Crippen molar-refractivity contribution in [3.63, 3.8) is 0 Å². The molecule has 0 saturated heterocycles. The van der Waals surface area contributed by atoms with Crippen molar-refractivity contribution in [3.05, 3.63) is 263 Å². The number of benzene rings is 7. The third kappa shape index (κ3) is 6.00. The number of ether oxygens (including phenoxy) is 1. The van der Waals surface area contributed by atoms with Gasteiger partial charge in [0.2, 0.25) is 0 Å². The Morgan fingerprint density at radius 1 is 0.523 bits per heavy atom. The first-order valence-electron chi connectivity index (χ1n) is 23.6. The van der Waals surface area contributed by atoms with Gasteiger partial charge in [0.1, 0.15) is 11.5 Å². The maximum absolute atomic E-state index is 7.22. The number of hydrogen-bond donors (Lipinski definition) is 0. The Kier molecular flexibility index (Phi) is 9.01. The Balaban J connectivity index is 0.949. The van der Waals surface area contributed by atoms with Crippen LogP contribution in [0.25, 0.3) is 38.2 Å². The second-order valence-corrected chi connectivity index (χ2v) is 18.4. The topological polar surface area (TPSA) is 12.5 Å². The standard InChI is InChI=1S/C63H49NO/c1-3-15-42(16-4-1)43-27-29-44(30-28-43)45-31-36-50(37-32-45)64(49-19-5-2-6-20-49)60-26-14-12-21-51(60)48-35-38-57-55(41-48)54-24-11-13-25-56(54)63(57)58-39-33-46-17-7-9-22-52(46)61(58)65-62-53-23-10-8-18-47(53)34-40-59(62)63/h1,3-5,7-27,29,31,33-36,38-41,54,56H,2,6,28,30,32,37H2. The van der Waals surface area contributed by atoms with Crippen LogP contribution in [0.4, 0.5) is 5.69 Å². The van der Waals surface area contributed by atoms with Crippen LogP contribution in [0, 0.1) is 5.92 Å². The summed E-state index contributed by atoms with van der Waals surface area (Å²) in [4.78, 5) is 2.56. The SMILES string of the molecule is C1=CC2c3cc(-c4ccccc4N(C4=CCCC=C4)C4=CC=C(C5=CC=C(c6ccccc6)CC5)CC4)ccc3C3(c4ccc5ccccc5c4Oc4c3ccc3ccccc43)C2C=C1. The highest BCUT2D eigenvalue weighted by molar-refractivity contribution is 5.97. The number of hydrogen-bond acceptors (Lipinski definition) is 2. The Morgan fingerprint density at radius 3 is 1.88 bits per heavy atom. The normalized spacial score (nSPS) is 19.8. The molecule has 312 valence electrons. The summed E-state index contributed by atoms with van der Waals surface area (Å²) >= 11 is 0. The molecule has 2 unspecified atom stereocenters. The van der Waals surface area contributed by atoms with Crippen molar-refractivity contribution in [2.75, 3.05) is 4.90 Å². The minimum absolute atomic E-state index is 0.166. The van der Waals surface area contributed by atoms with E-state index in [9.17, 15) is 0 Å². The largest absolute Gasteiger partial charge is 0.455 e. The fourth-order valence-corrected chi connectivity index (χ4v) is 12.1. The molecule has 1 heterocycles. The van der Waals surface area contributed by atoms with Gasteiger partial charge in [-0.3, -0.25) is 0 Å². The molecule has 1 spiro atoms. The lowest BCUT2D eigenvalue weighted by Crippen LogP contribution is -2.37. The van der Waals surface area contributed by atoms with Gasteiger partial charge in [0.05, 0.1) is 11.1 Å². The number of anilines is 1. The highest BCUT2D eigenvalue weighted by Crippen LogP contribution is 2.66. The van der Waals surface area contributed by atoms with Crippen molar-refractivity contribution in [1.29, 1.82) is 0 Å². The highest BCUT2D eigenvalue weighted by Gasteiger charge is 2.57. The van der Waals surface area contributed by atoms with Crippen LogP contribution < -0.4 is 9.64 Å². The molecular formula is C63H49NO. The Hall–Kier alpha value is -7.42. The van der Waals surface area contributed by atoms with Crippen LogP contribution in [-0.2, 0) is 5.41 Å². The summed E-state index contributed by atoms with van der Waals surface area (Å²) in [5.41, 5.74) is 16.8. The molecule has 0 bridgehead atoms. The number of rotatable bonds is 6. The van der Waals surface area contributed by atoms with Crippen LogP contribution in [0.3, 0.4) is 0 Å². The lowest BCUT2D eigenvalue weighted by atomic mass is 9.61. The average Bonchev–Trinajstić information content (AvgIpc) is 3.67. The van der Waals surface area contributed by atoms with Crippen LogP contribution in [0.1, 0.15) is 72.3 Å². The molecule has 7 aromatic rings. The van der Waals surface area contributed by atoms with E-state index in [4.69, 9.17) is 4.74 Å². The lowest BCUT2D eigenvalue weighted by molar-refractivity contribution is 0.380. The van der Waals surface area contributed by atoms with Crippen LogP contribution in [-0.4, -0.2) is 0 Å². The molecule has 2 nitrogen and oxygen atoms in total. The molecule has 0 saturated carbocycles. The molecule has 2 heteroatoms. The van der Waals surface area contributed by atoms with Crippen LogP contribution in [0.2, 0.25) is 0 Å². The summed E-state index contributed by atoms with van der Waals surface area (Å²) in [6, 6.07) is 54.1. The molecule has 5 aliphatic carbocycles. The van der Waals surface area contributed by atoms with Crippen LogP contribution in [0.15, 0.2) is 235 Å². The van der Waals surface area contributed by atoms with E-state index in [-0.39, 0.29) is 11.8 Å². The monoisotopic (exact) mass is 835 g/mol. The summed E-state index contributed by atoms with van der Waals surface area (Å²) in [6.07, 6.45) is 32.4. The van der Waals surface area contributed by atoms with Gasteiger partial charge in [0, 0.05) is 50.7 Å². The zero-order valence-electron chi connectivity index (χ0n) is 36.5. The first kappa shape index (κ1) is 38.1. The predicted molar refractivity (Wildman–Crippen MR) is 270 cm³/mol. The van der Waals surface area contributed by atoms with Gasteiger partial charge in [0.25, 0.3) is 0 Å². The van der Waals surface area contributed by atoms with Crippen LogP contribution >= 0.6 is 0 Å². The van der Waals surface area contributed by atoms with Crippen molar-refractivity contribution >= 4 is 32.8 Å². The van der Waals surface area contributed by atoms with E-state index in [0.29, 0.717) is 0 Å². The van der Waals surface area contributed by atoms with Gasteiger partial charge >= 0.3 is 0 Å². The van der Waals surface area contributed by atoms with E-state index in [1.54, 1.807) is 0 Å². The van der Waals surface area contributed by atoms with Gasteiger partial charge in [-0.25, -0.2) is 0 Å². The average molecular weight is 836 g/mol. The zero-order chi connectivity index (χ0) is 42.9. The molecule has 6 aliphatic rings. The molecule has 13 rings (SSSR count). The summed E-state index contributed by atoms with van der Waals surface area (Å²) in [5, 5.41) is 4.70. The van der Waals surface area contributed by atoms with E-state index in [1.165, 1.54) is 83.5 Å². The van der Waals surface area contributed by atoms with Gasteiger partial charge in [-0.15, -0.1) is 0 Å². The van der Waals surface area contributed by atoms with Gasteiger partial charge < -0.3 is 9.64 Å². The second-order valence-electron chi connectivity index (χ2n) is 18.4. The number of para-hydroxylation sites is 1. The summed E-state index contributed by atoms with van der Waals surface area (Å²) in [5.74, 6) is 2.31. The predicted octanol–water partition coefficient (Wildman–Crippen LogP) is 16.4. The second kappa shape index (κ2) is 15.4. The Morgan fingerprint density at radius 2 is 1.17 bits per heavy atom. The van der Waals surface area contributed by atoms with E-state index < -0.39 is 5.41 Å². The number of allylic oxidation sites excluding steroid dienone is 15. The van der Waals surface area contributed by atoms with E-state index in [0.717, 1.165) is 60.8 Å². The first-order valence-corrected chi connectivity index (χ1v) is 23.6. The van der Waals surface area contributed by atoms with Crippen molar-refractivity contribution < 1.29 is 4.74 Å². The molecule has 0 aromatic heterocycles. The van der Waals surface area contributed by atoms with E-state index in [1.807, 2.05) is 0 Å². The fourth-order valence-electron chi connectivity index (χ4n) is 12.1. The Bertz CT molecular complexity index is 3280. The molecule has 0 amide bonds. The van der Waals surface area contributed by atoms with Gasteiger partial charge in [-0.05, 0) is 106 Å². The number of fused-ring (bicyclic) bond motifs is 13. The Labute approximate surface area is 381 Å². The van der Waals surface area contributed by atoms with Gasteiger partial charge in [0.15, 0.2) is 0 Å². The van der Waals surface area contributed by atoms with Crippen molar-refractivity contribution in [2.45, 2.75) is 49.9 Å². The quantitative estimate of drug-likeness (QED) is 0.165. The highest BCUT2D eigenvalue weighted by atomic mass is 16.5. The lowest BCUT2D eigenvalue weighted by Gasteiger charge is -2.43. The first-order chi connectivity index (χ1) is 32.2. The summed E-state index contributed by atoms with van der Waals surface area (Å²) in [7, 11) is 0. The molecular weight excluding hydrogens is 787 g/mol. The smallest absolute Gasteiger partial charge is 0.139 e. The maximum Gasteiger partial charge on any atom is 0.139 e. The van der Waals surface area contributed by atoms with E-state index in [2.05, 4.69) is 217 Å². The summed E-state index contributed by atoms with van der Waals surface area (Å²) < 4.78 is 7.22. The molecule has 0 radical (unpaired) electrons. The zero-order valence-corrected chi connectivity index (χ0v) is 36.5. The number of nitrogens with zero attached hydrogens (tertiary/aromatic N) is 1. The van der Waals surface area contributed by atoms with Crippen molar-refractivity contribution in [1.82, 2.24) is 0 Å². The molecule has 1 aliphatic heterocycles. The van der Waals surface area contributed by atoms with Gasteiger partial charge in [-0.2, -0.15) is 0 Å². The molecule has 65 heavy (non-hydrogen) atoms. The minimum atomic E-state index is -0.455. The third-order valence-electron chi connectivity index (χ3n) is 15.1. The van der Waals surface area contributed by atoms with E-state index >= 15 is 0 Å². The van der Waals surface area contributed by atoms with Crippen molar-refractivity contribution in [2.24, 2.45) is 5.92 Å².